The van der Waals surface area contributed by atoms with Gasteiger partial charge in [0, 0.05) is 7.11 Å². The predicted octanol–water partition coefficient (Wildman–Crippen LogP) is 1.86. The average molecular weight is 192 g/mol. The number of aliphatic hydroxyl groups is 1. The largest absolute Gasteiger partial charge is 0.383 e. The molecule has 2 rings (SSSR count). The summed E-state index contributed by atoms with van der Waals surface area (Å²) in [5.74, 6) is 0. The zero-order valence-corrected chi connectivity index (χ0v) is 8.66. The van der Waals surface area contributed by atoms with Gasteiger partial charge >= 0.3 is 0 Å². The number of rotatable bonds is 1. The van der Waals surface area contributed by atoms with Crippen molar-refractivity contribution in [1.82, 2.24) is 0 Å². The van der Waals surface area contributed by atoms with Crippen LogP contribution in [0.4, 0.5) is 0 Å². The van der Waals surface area contributed by atoms with Crippen molar-refractivity contribution in [3.05, 3.63) is 35.4 Å². The number of hydrogen-bond acceptors (Lipinski definition) is 2. The first kappa shape index (κ1) is 9.69. The number of methoxy groups -OCH3 is 1. The van der Waals surface area contributed by atoms with Gasteiger partial charge in [0.25, 0.3) is 0 Å². The Morgan fingerprint density at radius 1 is 1.43 bits per heavy atom. The molecular weight excluding hydrogens is 176 g/mol. The van der Waals surface area contributed by atoms with Gasteiger partial charge in [0.15, 0.2) is 0 Å². The van der Waals surface area contributed by atoms with E-state index in [0.29, 0.717) is 0 Å². The highest BCUT2D eigenvalue weighted by Gasteiger charge is 2.38. The minimum absolute atomic E-state index is 0.0857. The van der Waals surface area contributed by atoms with Crippen LogP contribution in [0.25, 0.3) is 0 Å². The molecule has 2 atom stereocenters. The molecule has 0 aliphatic heterocycles. The summed E-state index contributed by atoms with van der Waals surface area (Å²) < 4.78 is 5.31. The van der Waals surface area contributed by atoms with Crippen molar-refractivity contribution in [2.75, 3.05) is 7.11 Å². The highest BCUT2D eigenvalue weighted by atomic mass is 16.5. The Labute approximate surface area is 84.5 Å². The van der Waals surface area contributed by atoms with Crippen molar-refractivity contribution in [2.45, 2.75) is 31.5 Å². The Balaban J connectivity index is 2.46. The monoisotopic (exact) mass is 192 g/mol. The molecule has 0 radical (unpaired) electrons. The Morgan fingerprint density at radius 2 is 2.14 bits per heavy atom. The second kappa shape index (κ2) is 3.37. The lowest BCUT2D eigenvalue weighted by Gasteiger charge is -2.37. The topological polar surface area (TPSA) is 29.5 Å². The Morgan fingerprint density at radius 3 is 2.86 bits per heavy atom. The molecular formula is C12H16O2. The molecule has 2 nitrogen and oxygen atoms in total. The first-order valence-electron chi connectivity index (χ1n) is 5.00. The molecule has 1 aliphatic carbocycles. The van der Waals surface area contributed by atoms with Gasteiger partial charge in [0.1, 0.15) is 5.60 Å². The summed E-state index contributed by atoms with van der Waals surface area (Å²) >= 11 is 0. The quantitative estimate of drug-likeness (QED) is 0.736. The summed E-state index contributed by atoms with van der Waals surface area (Å²) in [4.78, 5) is 0. The highest BCUT2D eigenvalue weighted by molar-refractivity contribution is 5.35. The lowest BCUT2D eigenvalue weighted by Crippen LogP contribution is -2.42. The lowest BCUT2D eigenvalue weighted by molar-refractivity contribution is -0.0960. The van der Waals surface area contributed by atoms with Gasteiger partial charge in [-0.3, -0.25) is 0 Å². The molecule has 76 valence electrons. The maximum absolute atomic E-state index is 10.4. The second-order valence-corrected chi connectivity index (χ2v) is 4.07. The van der Waals surface area contributed by atoms with Gasteiger partial charge in [0.05, 0.1) is 6.10 Å². The number of fused-ring (bicyclic) bond motifs is 1. The Hall–Kier alpha value is -0.860. The van der Waals surface area contributed by atoms with Gasteiger partial charge in [-0.25, -0.2) is 0 Å². The summed E-state index contributed by atoms with van der Waals surface area (Å²) in [5, 5.41) is 10.4. The molecule has 14 heavy (non-hydrogen) atoms. The molecule has 2 heteroatoms. The molecule has 0 spiro atoms. The highest BCUT2D eigenvalue weighted by Crippen LogP contribution is 2.36. The normalized spacial score (nSPS) is 31.2. The minimum atomic E-state index is -0.844. The molecule has 1 aliphatic rings. The van der Waals surface area contributed by atoms with Crippen molar-refractivity contribution in [2.24, 2.45) is 0 Å². The maximum atomic E-state index is 10.4. The fourth-order valence-corrected chi connectivity index (χ4v) is 2.32. The van der Waals surface area contributed by atoms with Crippen molar-refractivity contribution in [3.63, 3.8) is 0 Å². The van der Waals surface area contributed by atoms with Crippen LogP contribution in [-0.4, -0.2) is 18.3 Å². The molecule has 1 aromatic carbocycles. The molecule has 1 aromatic rings. The second-order valence-electron chi connectivity index (χ2n) is 4.07. The van der Waals surface area contributed by atoms with Gasteiger partial charge in [-0.1, -0.05) is 24.3 Å². The molecule has 0 saturated carbocycles. The van der Waals surface area contributed by atoms with Crippen LogP contribution in [-0.2, 0) is 16.8 Å². The average Bonchev–Trinajstić information content (AvgIpc) is 2.18. The van der Waals surface area contributed by atoms with E-state index < -0.39 is 5.60 Å². The molecule has 1 N–H and O–H groups in total. The summed E-state index contributed by atoms with van der Waals surface area (Å²) in [6, 6.07) is 8.05. The van der Waals surface area contributed by atoms with E-state index in [2.05, 4.69) is 6.07 Å². The van der Waals surface area contributed by atoms with Crippen molar-refractivity contribution >= 4 is 0 Å². The summed E-state index contributed by atoms with van der Waals surface area (Å²) in [6.07, 6.45) is 1.79. The smallest absolute Gasteiger partial charge is 0.113 e. The van der Waals surface area contributed by atoms with Crippen LogP contribution in [0.1, 0.15) is 24.5 Å². The van der Waals surface area contributed by atoms with Crippen LogP contribution >= 0.6 is 0 Å². The molecule has 0 amide bonds. The van der Waals surface area contributed by atoms with Gasteiger partial charge in [0.2, 0.25) is 0 Å². The van der Waals surface area contributed by atoms with Crippen molar-refractivity contribution in [3.8, 4) is 0 Å². The minimum Gasteiger partial charge on any atom is -0.383 e. The summed E-state index contributed by atoms with van der Waals surface area (Å²) in [6.45, 7) is 1.83. The van der Waals surface area contributed by atoms with Gasteiger partial charge in [-0.05, 0) is 30.9 Å². The Bertz CT molecular complexity index is 331. The van der Waals surface area contributed by atoms with Crippen LogP contribution in [0.5, 0.6) is 0 Å². The fraction of sp³-hybridized carbons (Fsp3) is 0.500. The predicted molar refractivity (Wildman–Crippen MR) is 55.1 cm³/mol. The van der Waals surface area contributed by atoms with Crippen molar-refractivity contribution in [1.29, 1.82) is 0 Å². The summed E-state index contributed by atoms with van der Waals surface area (Å²) in [7, 11) is 1.66. The van der Waals surface area contributed by atoms with E-state index in [1.807, 2.05) is 25.1 Å². The zero-order valence-electron chi connectivity index (χ0n) is 8.66. The third kappa shape index (κ3) is 1.35. The first-order chi connectivity index (χ1) is 6.66. The van der Waals surface area contributed by atoms with Crippen LogP contribution in [0.15, 0.2) is 24.3 Å². The van der Waals surface area contributed by atoms with E-state index in [9.17, 15) is 5.11 Å². The van der Waals surface area contributed by atoms with E-state index in [-0.39, 0.29) is 6.10 Å². The SMILES string of the molecule is COC1CCc2ccccc2C1(C)O. The Kier molecular flexibility index (Phi) is 2.33. The third-order valence-corrected chi connectivity index (χ3v) is 3.15. The van der Waals surface area contributed by atoms with E-state index in [0.717, 1.165) is 18.4 Å². The number of aryl methyl sites for hydroxylation is 1. The van der Waals surface area contributed by atoms with Crippen molar-refractivity contribution < 1.29 is 9.84 Å². The van der Waals surface area contributed by atoms with Crippen LogP contribution < -0.4 is 0 Å². The van der Waals surface area contributed by atoms with Crippen LogP contribution in [0.2, 0.25) is 0 Å². The molecule has 0 fully saturated rings. The number of ether oxygens (including phenoxy) is 1. The number of hydrogen-bond donors (Lipinski definition) is 1. The number of benzene rings is 1. The van der Waals surface area contributed by atoms with E-state index in [1.165, 1.54) is 5.56 Å². The standard InChI is InChI=1S/C12H16O2/c1-12(13)10-6-4-3-5-9(10)7-8-11(12)14-2/h3-6,11,13H,7-8H2,1-2H3. The molecule has 0 heterocycles. The van der Waals surface area contributed by atoms with Gasteiger partial charge in [-0.2, -0.15) is 0 Å². The molecule has 0 saturated heterocycles. The first-order valence-corrected chi connectivity index (χ1v) is 5.00. The van der Waals surface area contributed by atoms with Gasteiger partial charge < -0.3 is 9.84 Å². The molecule has 0 bridgehead atoms. The molecule has 0 aromatic heterocycles. The van der Waals surface area contributed by atoms with Crippen LogP contribution in [0, 0.1) is 0 Å². The fourth-order valence-electron chi connectivity index (χ4n) is 2.32. The van der Waals surface area contributed by atoms with E-state index >= 15 is 0 Å². The van der Waals surface area contributed by atoms with Gasteiger partial charge in [-0.15, -0.1) is 0 Å². The third-order valence-electron chi connectivity index (χ3n) is 3.15. The van der Waals surface area contributed by atoms with E-state index in [1.54, 1.807) is 7.11 Å². The van der Waals surface area contributed by atoms with E-state index in [4.69, 9.17) is 4.74 Å². The lowest BCUT2D eigenvalue weighted by atomic mass is 9.78. The molecule has 2 unspecified atom stereocenters. The summed E-state index contributed by atoms with van der Waals surface area (Å²) in [5.41, 5.74) is 1.41. The zero-order chi connectivity index (χ0) is 10.2. The van der Waals surface area contributed by atoms with Crippen LogP contribution in [0.3, 0.4) is 0 Å². The maximum Gasteiger partial charge on any atom is 0.113 e.